The number of nitrogens with one attached hydrogen (secondary N) is 2. The summed E-state index contributed by atoms with van der Waals surface area (Å²) in [6, 6.07) is 23.2. The van der Waals surface area contributed by atoms with Crippen molar-refractivity contribution in [1.29, 1.82) is 0 Å². The van der Waals surface area contributed by atoms with Crippen LogP contribution in [0.4, 0.5) is 0 Å². The fourth-order valence-electron chi connectivity index (χ4n) is 8.79. The topological polar surface area (TPSA) is 148 Å². The van der Waals surface area contributed by atoms with Gasteiger partial charge in [0.25, 0.3) is 0 Å². The number of ketones is 2. The Balaban J connectivity index is 1.04. The molecule has 0 radical (unpaired) electrons. The zero-order valence-electron chi connectivity index (χ0n) is 39.4. The summed E-state index contributed by atoms with van der Waals surface area (Å²) in [4.78, 5) is 53.0. The monoisotopic (exact) mass is 902 g/mol. The molecule has 0 aromatic heterocycles. The second-order valence-corrected chi connectivity index (χ2v) is 17.4. The fraction of sp³-hybridized carbons (Fsp3) is 0.444. The van der Waals surface area contributed by atoms with E-state index in [0.717, 1.165) is 84.3 Å². The van der Waals surface area contributed by atoms with Crippen molar-refractivity contribution in [2.24, 2.45) is 0 Å². The molecule has 0 spiro atoms. The number of para-hydroxylation sites is 2. The Morgan fingerprint density at radius 1 is 0.591 bits per heavy atom. The minimum atomic E-state index is -0.810. The van der Waals surface area contributed by atoms with E-state index >= 15 is 0 Å². The number of piperidine rings is 2. The lowest BCUT2D eigenvalue weighted by Crippen LogP contribution is -2.35. The maximum atomic E-state index is 13.7. The Bertz CT molecular complexity index is 2170. The lowest BCUT2D eigenvalue weighted by atomic mass is 9.95. The minimum absolute atomic E-state index is 0.0924. The molecule has 4 atom stereocenters. The van der Waals surface area contributed by atoms with Crippen LogP contribution in [0.3, 0.4) is 0 Å². The highest BCUT2D eigenvalue weighted by Crippen LogP contribution is 2.41. The predicted molar refractivity (Wildman–Crippen MR) is 256 cm³/mol. The van der Waals surface area contributed by atoms with Crippen LogP contribution in [0.5, 0.6) is 23.0 Å². The molecule has 2 aliphatic rings. The van der Waals surface area contributed by atoms with E-state index in [1.807, 2.05) is 62.4 Å². The number of hydrogen-bond donors (Lipinski definition) is 2. The molecule has 0 saturated carbocycles. The molecule has 6 rings (SSSR count). The highest BCUT2D eigenvalue weighted by atomic mass is 16.5. The highest BCUT2D eigenvalue weighted by molar-refractivity contribution is 6.00. The summed E-state index contributed by atoms with van der Waals surface area (Å²) in [5.41, 5.74) is 5.56. The zero-order valence-corrected chi connectivity index (χ0v) is 39.4. The second kappa shape index (κ2) is 24.5. The van der Waals surface area contributed by atoms with Crippen LogP contribution in [0.2, 0.25) is 0 Å². The molecular formula is C54H66N2O10. The molecule has 0 amide bonds. The summed E-state index contributed by atoms with van der Waals surface area (Å²) in [6.07, 6.45) is 8.93. The van der Waals surface area contributed by atoms with Gasteiger partial charge in [0, 0.05) is 70.5 Å². The Labute approximate surface area is 389 Å². The molecule has 2 N–H and O–H groups in total. The summed E-state index contributed by atoms with van der Waals surface area (Å²) < 4.78 is 35.2. The van der Waals surface area contributed by atoms with Crippen LogP contribution in [0.25, 0.3) is 22.3 Å². The van der Waals surface area contributed by atoms with Crippen LogP contribution in [-0.4, -0.2) is 88.3 Å². The van der Waals surface area contributed by atoms with Crippen LogP contribution >= 0.6 is 0 Å². The van der Waals surface area contributed by atoms with Crippen LogP contribution in [0.15, 0.2) is 84.9 Å². The summed E-state index contributed by atoms with van der Waals surface area (Å²) in [7, 11) is 3.21. The largest absolute Gasteiger partial charge is 0.496 e. The van der Waals surface area contributed by atoms with Crippen molar-refractivity contribution < 1.29 is 47.6 Å². The van der Waals surface area contributed by atoms with Crippen molar-refractivity contribution in [3.05, 3.63) is 107 Å². The van der Waals surface area contributed by atoms with Crippen molar-refractivity contribution in [2.45, 2.75) is 116 Å². The van der Waals surface area contributed by atoms with Gasteiger partial charge in [0.1, 0.15) is 35.2 Å². The smallest absolute Gasteiger partial charge is 0.331 e. The van der Waals surface area contributed by atoms with E-state index in [0.29, 0.717) is 59.4 Å². The summed E-state index contributed by atoms with van der Waals surface area (Å²) in [5, 5.41) is 7.13. The third kappa shape index (κ3) is 13.8. The number of carbonyl (C=O) groups excluding carboxylic acids is 4. The molecule has 4 unspecified atom stereocenters. The number of benzene rings is 4. The van der Waals surface area contributed by atoms with Gasteiger partial charge in [-0.2, -0.15) is 0 Å². The van der Waals surface area contributed by atoms with Crippen molar-refractivity contribution in [3.63, 3.8) is 0 Å². The van der Waals surface area contributed by atoms with Gasteiger partial charge in [-0.05, 0) is 127 Å². The number of hydrogen-bond acceptors (Lipinski definition) is 12. The van der Waals surface area contributed by atoms with Crippen molar-refractivity contribution >= 4 is 23.5 Å². The van der Waals surface area contributed by atoms with Gasteiger partial charge in [-0.25, -0.2) is 9.59 Å². The maximum absolute atomic E-state index is 13.7. The Kier molecular flexibility index (Phi) is 18.4. The van der Waals surface area contributed by atoms with Crippen molar-refractivity contribution in [3.8, 4) is 45.3 Å². The minimum Gasteiger partial charge on any atom is -0.496 e. The summed E-state index contributed by atoms with van der Waals surface area (Å²) >= 11 is 0. The van der Waals surface area contributed by atoms with Gasteiger partial charge in [0.2, 0.25) is 0 Å². The van der Waals surface area contributed by atoms with Crippen LogP contribution in [-0.2, 0) is 19.1 Å². The van der Waals surface area contributed by atoms with Gasteiger partial charge < -0.3 is 39.1 Å². The molecule has 0 bridgehead atoms. The van der Waals surface area contributed by atoms with Gasteiger partial charge in [-0.3, -0.25) is 9.59 Å². The summed E-state index contributed by atoms with van der Waals surface area (Å²) in [5.74, 6) is 0.598. The van der Waals surface area contributed by atoms with E-state index in [4.69, 9.17) is 28.4 Å². The van der Waals surface area contributed by atoms with E-state index < -0.39 is 24.1 Å². The molecule has 12 heteroatoms. The number of carbonyl (C=O) groups is 4. The van der Waals surface area contributed by atoms with Gasteiger partial charge in [0.05, 0.1) is 27.4 Å². The van der Waals surface area contributed by atoms with E-state index in [1.165, 1.54) is 25.7 Å². The normalized spacial score (nSPS) is 17.1. The first kappa shape index (κ1) is 49.5. The fourth-order valence-corrected chi connectivity index (χ4v) is 8.79. The first-order chi connectivity index (χ1) is 31.9. The van der Waals surface area contributed by atoms with E-state index in [9.17, 15) is 19.2 Å². The zero-order chi connectivity index (χ0) is 47.0. The van der Waals surface area contributed by atoms with Crippen LogP contribution in [0.1, 0.15) is 110 Å². The number of ether oxygens (including phenoxy) is 6. The molecule has 2 aliphatic heterocycles. The Morgan fingerprint density at radius 3 is 1.38 bits per heavy atom. The number of esters is 2. The average Bonchev–Trinajstić information content (AvgIpc) is 3.32. The van der Waals surface area contributed by atoms with E-state index in [1.54, 1.807) is 52.3 Å². The van der Waals surface area contributed by atoms with Gasteiger partial charge in [-0.15, -0.1) is 0 Å². The highest BCUT2D eigenvalue weighted by Gasteiger charge is 2.24. The van der Waals surface area contributed by atoms with Gasteiger partial charge in [-0.1, -0.05) is 49.2 Å². The molecule has 66 heavy (non-hydrogen) atoms. The SMILES string of the molecule is COc1ccccc1-c1cc(C(=O)CC(C)OC(=O)/C=C/C(=O)OC(C)CC(=O)c2cc(C)c(OCCC3CCCCN3)c(-c3ccccc3OC)c2)cc(C)c1OCCC1CCCCN1. The molecule has 0 aliphatic carbocycles. The number of Topliss-reactive ketones (excluding diaryl/α,β-unsaturated/α-hetero) is 2. The van der Waals surface area contributed by atoms with Crippen molar-refractivity contribution in [1.82, 2.24) is 10.6 Å². The van der Waals surface area contributed by atoms with Crippen LogP contribution in [0, 0.1) is 13.8 Å². The first-order valence-corrected chi connectivity index (χ1v) is 23.4. The van der Waals surface area contributed by atoms with E-state index in [2.05, 4.69) is 10.6 Å². The lowest BCUT2D eigenvalue weighted by molar-refractivity contribution is -0.144. The predicted octanol–water partition coefficient (Wildman–Crippen LogP) is 9.74. The molecule has 12 nitrogen and oxygen atoms in total. The molecule has 2 heterocycles. The maximum Gasteiger partial charge on any atom is 0.331 e. The summed E-state index contributed by atoms with van der Waals surface area (Å²) in [6.45, 7) is 10.2. The molecule has 352 valence electrons. The quantitative estimate of drug-likeness (QED) is 0.0440. The Morgan fingerprint density at radius 2 is 1.00 bits per heavy atom. The Hall–Kier alpha value is -5.98. The number of methoxy groups -OCH3 is 2. The average molecular weight is 903 g/mol. The number of rotatable bonds is 22. The van der Waals surface area contributed by atoms with E-state index in [-0.39, 0.29) is 24.4 Å². The molecule has 4 aromatic rings. The van der Waals surface area contributed by atoms with Gasteiger partial charge >= 0.3 is 11.9 Å². The van der Waals surface area contributed by atoms with Gasteiger partial charge in [0.15, 0.2) is 11.6 Å². The van der Waals surface area contributed by atoms with Crippen LogP contribution < -0.4 is 29.6 Å². The lowest BCUT2D eigenvalue weighted by Gasteiger charge is -2.24. The standard InChI is InChI=1S/C54H66N2O10/c1-35-29-39(33-45(43-17-7-9-19-49(43)61-5)53(35)63-27-23-41-15-11-13-25-55-41)47(57)31-37(3)65-51(59)21-22-52(60)66-38(4)32-48(58)40-30-36(2)54(64-28-24-42-16-12-14-26-56-42)46(34-40)44-18-8-10-20-50(44)62-6/h7-10,17-22,29-30,33-34,37-38,41-42,55-56H,11-16,23-28,31-32H2,1-6H3/b22-21+. The number of aryl methyl sites for hydroxylation is 2. The van der Waals surface area contributed by atoms with Crippen molar-refractivity contribution in [2.75, 3.05) is 40.5 Å². The first-order valence-electron chi connectivity index (χ1n) is 23.4. The molecule has 2 saturated heterocycles. The molecule has 2 fully saturated rings. The third-order valence-corrected chi connectivity index (χ3v) is 12.2. The third-order valence-electron chi connectivity index (χ3n) is 12.2. The molecular weight excluding hydrogens is 837 g/mol. The molecule has 4 aromatic carbocycles. The second-order valence-electron chi connectivity index (χ2n) is 17.4.